The Balaban J connectivity index is 1.96. The lowest BCUT2D eigenvalue weighted by Gasteiger charge is -2.11. The fourth-order valence-electron chi connectivity index (χ4n) is 1.92. The number of nitrogens with one attached hydrogen (secondary N) is 1. The van der Waals surface area contributed by atoms with Gasteiger partial charge in [0.1, 0.15) is 5.75 Å². The Labute approximate surface area is 132 Å². The average molecular weight is 349 g/mol. The van der Waals surface area contributed by atoms with E-state index < -0.39 is 0 Å². The van der Waals surface area contributed by atoms with E-state index in [2.05, 4.69) is 21.2 Å². The molecule has 4 nitrogen and oxygen atoms in total. The number of ether oxygens (including phenoxy) is 1. The summed E-state index contributed by atoms with van der Waals surface area (Å²) in [4.78, 5) is 11.9. The number of halogens is 1. The topological polar surface area (TPSA) is 64.3 Å². The van der Waals surface area contributed by atoms with E-state index in [0.29, 0.717) is 17.1 Å². The zero-order valence-electron chi connectivity index (χ0n) is 11.9. The monoisotopic (exact) mass is 348 g/mol. The van der Waals surface area contributed by atoms with E-state index in [0.717, 1.165) is 15.6 Å². The van der Waals surface area contributed by atoms with Gasteiger partial charge >= 0.3 is 0 Å². The van der Waals surface area contributed by atoms with E-state index >= 15 is 0 Å². The van der Waals surface area contributed by atoms with Gasteiger partial charge in [-0.05, 0) is 59.6 Å². The fraction of sp³-hybridized carbons (Fsp3) is 0.188. The van der Waals surface area contributed by atoms with Crippen LogP contribution in [0.5, 0.6) is 5.75 Å². The summed E-state index contributed by atoms with van der Waals surface area (Å²) in [5.74, 6) is 0.493. The first-order valence-electron chi connectivity index (χ1n) is 6.50. The van der Waals surface area contributed by atoms with Crippen LogP contribution in [-0.2, 0) is 4.79 Å². The van der Waals surface area contributed by atoms with E-state index in [-0.39, 0.29) is 12.5 Å². The normalized spacial score (nSPS) is 10.2. The van der Waals surface area contributed by atoms with E-state index in [9.17, 15) is 4.79 Å². The number of carbonyl (C=O) groups is 1. The van der Waals surface area contributed by atoms with E-state index in [4.69, 9.17) is 10.5 Å². The minimum Gasteiger partial charge on any atom is -0.483 e. The van der Waals surface area contributed by atoms with E-state index in [1.165, 1.54) is 0 Å². The number of nitrogens with two attached hydrogens (primary N) is 1. The number of amides is 1. The maximum absolute atomic E-state index is 11.9. The summed E-state index contributed by atoms with van der Waals surface area (Å²) in [7, 11) is 0. The first kappa shape index (κ1) is 15.4. The number of hydrogen-bond acceptors (Lipinski definition) is 3. The Morgan fingerprint density at radius 3 is 2.67 bits per heavy atom. The molecule has 0 spiro atoms. The number of aryl methyl sites for hydroxylation is 2. The Morgan fingerprint density at radius 1 is 1.24 bits per heavy atom. The Hall–Kier alpha value is -2.01. The second kappa shape index (κ2) is 6.63. The summed E-state index contributed by atoms with van der Waals surface area (Å²) < 4.78 is 6.28. The summed E-state index contributed by atoms with van der Waals surface area (Å²) in [5, 5.41) is 2.77. The molecule has 0 bridgehead atoms. The molecule has 5 heteroatoms. The summed E-state index contributed by atoms with van der Waals surface area (Å²) >= 11 is 3.36. The fourth-order valence-corrected chi connectivity index (χ4v) is 2.42. The molecule has 1 amide bonds. The second-order valence-electron chi connectivity index (χ2n) is 4.85. The van der Waals surface area contributed by atoms with Crippen LogP contribution in [0.2, 0.25) is 0 Å². The quantitative estimate of drug-likeness (QED) is 0.828. The Morgan fingerprint density at radius 2 is 2.00 bits per heavy atom. The standard InChI is InChI=1S/C16H17BrN2O2/c1-10-3-6-15(11(2)7-10)21-9-16(20)19-14-5-4-12(18)8-13(14)17/h3-8H,9,18H2,1-2H3,(H,19,20). The largest absolute Gasteiger partial charge is 0.483 e. The molecule has 0 aliphatic carbocycles. The number of anilines is 2. The molecular formula is C16H17BrN2O2. The van der Waals surface area contributed by atoms with Crippen LogP contribution in [0, 0.1) is 13.8 Å². The molecule has 0 unspecified atom stereocenters. The van der Waals surface area contributed by atoms with Crippen LogP contribution in [0.1, 0.15) is 11.1 Å². The van der Waals surface area contributed by atoms with Crippen molar-refractivity contribution >= 4 is 33.2 Å². The van der Waals surface area contributed by atoms with Crippen molar-refractivity contribution in [3.05, 3.63) is 52.0 Å². The predicted molar refractivity (Wildman–Crippen MR) is 88.6 cm³/mol. The Kier molecular flexibility index (Phi) is 4.85. The lowest BCUT2D eigenvalue weighted by atomic mass is 10.1. The minimum absolute atomic E-state index is 0.0410. The third-order valence-corrected chi connectivity index (χ3v) is 3.61. The Bertz CT molecular complexity index is 671. The van der Waals surface area contributed by atoms with Crippen molar-refractivity contribution in [3.8, 4) is 5.75 Å². The number of rotatable bonds is 4. The van der Waals surface area contributed by atoms with Gasteiger partial charge in [0.25, 0.3) is 5.91 Å². The van der Waals surface area contributed by atoms with Crippen LogP contribution in [0.15, 0.2) is 40.9 Å². The summed E-state index contributed by atoms with van der Waals surface area (Å²) in [6, 6.07) is 11.1. The van der Waals surface area contributed by atoms with Gasteiger partial charge in [-0.15, -0.1) is 0 Å². The molecule has 0 heterocycles. The van der Waals surface area contributed by atoms with Crippen LogP contribution in [0.25, 0.3) is 0 Å². The highest BCUT2D eigenvalue weighted by molar-refractivity contribution is 9.10. The molecular weight excluding hydrogens is 332 g/mol. The SMILES string of the molecule is Cc1ccc(OCC(=O)Nc2ccc(N)cc2Br)c(C)c1. The smallest absolute Gasteiger partial charge is 0.262 e. The molecule has 0 fully saturated rings. The molecule has 0 atom stereocenters. The van der Waals surface area contributed by atoms with Crippen LogP contribution >= 0.6 is 15.9 Å². The molecule has 110 valence electrons. The van der Waals surface area contributed by atoms with Gasteiger partial charge < -0.3 is 15.8 Å². The summed E-state index contributed by atoms with van der Waals surface area (Å²) in [5.41, 5.74) is 9.12. The highest BCUT2D eigenvalue weighted by atomic mass is 79.9. The van der Waals surface area contributed by atoms with Gasteiger partial charge in [-0.1, -0.05) is 17.7 Å². The molecule has 2 rings (SSSR count). The van der Waals surface area contributed by atoms with Crippen molar-refractivity contribution < 1.29 is 9.53 Å². The van der Waals surface area contributed by atoms with Gasteiger partial charge in [0.2, 0.25) is 0 Å². The maximum Gasteiger partial charge on any atom is 0.262 e. The highest BCUT2D eigenvalue weighted by Crippen LogP contribution is 2.24. The lowest BCUT2D eigenvalue weighted by Crippen LogP contribution is -2.20. The van der Waals surface area contributed by atoms with E-state index in [1.54, 1.807) is 18.2 Å². The van der Waals surface area contributed by atoms with Crippen molar-refractivity contribution in [3.63, 3.8) is 0 Å². The molecule has 3 N–H and O–H groups in total. The first-order chi connectivity index (χ1) is 9.95. The van der Waals surface area contributed by atoms with Crippen molar-refractivity contribution in [2.45, 2.75) is 13.8 Å². The molecule has 0 radical (unpaired) electrons. The van der Waals surface area contributed by atoms with Crippen LogP contribution < -0.4 is 15.8 Å². The number of benzene rings is 2. The predicted octanol–water partition coefficient (Wildman–Crippen LogP) is 3.67. The third kappa shape index (κ3) is 4.23. The molecule has 0 saturated carbocycles. The molecule has 21 heavy (non-hydrogen) atoms. The van der Waals surface area contributed by atoms with Crippen LogP contribution in [0.3, 0.4) is 0 Å². The van der Waals surface area contributed by atoms with Crippen LogP contribution in [-0.4, -0.2) is 12.5 Å². The minimum atomic E-state index is -0.222. The number of hydrogen-bond donors (Lipinski definition) is 2. The second-order valence-corrected chi connectivity index (χ2v) is 5.70. The van der Waals surface area contributed by atoms with Crippen LogP contribution in [0.4, 0.5) is 11.4 Å². The molecule has 2 aromatic rings. The van der Waals surface area contributed by atoms with Crippen molar-refractivity contribution in [1.29, 1.82) is 0 Å². The average Bonchev–Trinajstić information content (AvgIpc) is 2.41. The number of nitrogen functional groups attached to an aromatic ring is 1. The van der Waals surface area contributed by atoms with Crippen molar-refractivity contribution in [2.24, 2.45) is 0 Å². The van der Waals surface area contributed by atoms with Gasteiger partial charge in [-0.25, -0.2) is 0 Å². The van der Waals surface area contributed by atoms with Gasteiger partial charge in [0.15, 0.2) is 6.61 Å². The molecule has 2 aromatic carbocycles. The molecule has 0 aromatic heterocycles. The zero-order valence-corrected chi connectivity index (χ0v) is 13.5. The molecule has 0 saturated heterocycles. The molecule has 0 aliphatic heterocycles. The zero-order chi connectivity index (χ0) is 15.4. The van der Waals surface area contributed by atoms with Gasteiger partial charge in [-0.2, -0.15) is 0 Å². The maximum atomic E-state index is 11.9. The lowest BCUT2D eigenvalue weighted by molar-refractivity contribution is -0.118. The summed E-state index contributed by atoms with van der Waals surface area (Å²) in [6.45, 7) is 3.93. The van der Waals surface area contributed by atoms with Gasteiger partial charge in [-0.3, -0.25) is 4.79 Å². The highest BCUT2D eigenvalue weighted by Gasteiger charge is 2.08. The van der Waals surface area contributed by atoms with Gasteiger partial charge in [0, 0.05) is 10.2 Å². The van der Waals surface area contributed by atoms with Gasteiger partial charge in [0.05, 0.1) is 5.69 Å². The number of carbonyl (C=O) groups excluding carboxylic acids is 1. The van der Waals surface area contributed by atoms with Crippen molar-refractivity contribution in [2.75, 3.05) is 17.7 Å². The first-order valence-corrected chi connectivity index (χ1v) is 7.30. The van der Waals surface area contributed by atoms with Crippen molar-refractivity contribution in [1.82, 2.24) is 0 Å². The summed E-state index contributed by atoms with van der Waals surface area (Å²) in [6.07, 6.45) is 0. The molecule has 0 aliphatic rings. The van der Waals surface area contributed by atoms with E-state index in [1.807, 2.05) is 32.0 Å². The third-order valence-electron chi connectivity index (χ3n) is 2.96.